The Labute approximate surface area is 137 Å². The van der Waals surface area contributed by atoms with Gasteiger partial charge in [-0.15, -0.1) is 4.99 Å². The molecule has 3 N–H and O–H groups in total. The first-order valence-corrected chi connectivity index (χ1v) is 7.95. The van der Waals surface area contributed by atoms with Gasteiger partial charge in [-0.2, -0.15) is 5.10 Å². The van der Waals surface area contributed by atoms with E-state index in [1.807, 2.05) is 24.3 Å². The SMILES string of the molecule is Cn1cc(C([OH2+])=NC(=N)C2(c3ccc(Br)cc3)CCC2)cn1. The zero-order valence-corrected chi connectivity index (χ0v) is 13.9. The first kappa shape index (κ1) is 15.0. The highest BCUT2D eigenvalue weighted by atomic mass is 79.9. The molecule has 1 aromatic heterocycles. The van der Waals surface area contributed by atoms with Crippen LogP contribution in [-0.4, -0.2) is 26.6 Å². The predicted molar refractivity (Wildman–Crippen MR) is 90.8 cm³/mol. The highest BCUT2D eigenvalue weighted by Crippen LogP contribution is 2.45. The molecular formula is C16H18BrN4O+. The lowest BCUT2D eigenvalue weighted by Crippen LogP contribution is -2.41. The van der Waals surface area contributed by atoms with Gasteiger partial charge in [-0.25, -0.2) is 0 Å². The summed E-state index contributed by atoms with van der Waals surface area (Å²) in [5.41, 5.74) is 1.40. The molecule has 0 amide bonds. The van der Waals surface area contributed by atoms with E-state index in [0.717, 1.165) is 29.3 Å². The smallest absolute Gasteiger partial charge is 0.369 e. The minimum Gasteiger partial charge on any atom is -0.578 e. The Balaban J connectivity index is 1.90. The van der Waals surface area contributed by atoms with E-state index in [-0.39, 0.29) is 17.1 Å². The predicted octanol–water partition coefficient (Wildman–Crippen LogP) is 2.75. The molecule has 0 atom stereocenters. The molecule has 0 saturated heterocycles. The minimum absolute atomic E-state index is 0.0986. The van der Waals surface area contributed by atoms with E-state index in [2.05, 4.69) is 26.0 Å². The van der Waals surface area contributed by atoms with E-state index in [1.165, 1.54) is 0 Å². The molecule has 0 spiro atoms. The molecule has 1 aliphatic carbocycles. The summed E-state index contributed by atoms with van der Waals surface area (Å²) in [7, 11) is 1.80. The van der Waals surface area contributed by atoms with E-state index in [4.69, 9.17) is 10.5 Å². The quantitative estimate of drug-likeness (QED) is 0.509. The van der Waals surface area contributed by atoms with Crippen molar-refractivity contribution in [3.63, 3.8) is 0 Å². The molecule has 0 bridgehead atoms. The van der Waals surface area contributed by atoms with Crippen LogP contribution in [0.1, 0.15) is 30.4 Å². The van der Waals surface area contributed by atoms with Crippen molar-refractivity contribution in [2.45, 2.75) is 24.7 Å². The number of rotatable bonds is 3. The fraction of sp³-hybridized carbons (Fsp3) is 0.312. The van der Waals surface area contributed by atoms with Crippen LogP contribution in [0.15, 0.2) is 46.1 Å². The van der Waals surface area contributed by atoms with Crippen molar-refractivity contribution in [2.24, 2.45) is 12.0 Å². The van der Waals surface area contributed by atoms with Crippen LogP contribution < -0.4 is 0 Å². The summed E-state index contributed by atoms with van der Waals surface area (Å²) in [4.78, 5) is 4.26. The lowest BCUT2D eigenvalue weighted by molar-refractivity contribution is 0.336. The summed E-state index contributed by atoms with van der Waals surface area (Å²) in [5.74, 6) is 0.372. The van der Waals surface area contributed by atoms with E-state index in [1.54, 1.807) is 24.1 Å². The highest BCUT2D eigenvalue weighted by Gasteiger charge is 2.43. The molecule has 1 aromatic carbocycles. The normalized spacial score (nSPS) is 17.1. The third-order valence-corrected chi connectivity index (χ3v) is 4.79. The molecule has 22 heavy (non-hydrogen) atoms. The summed E-state index contributed by atoms with van der Waals surface area (Å²) >= 11 is 3.44. The van der Waals surface area contributed by atoms with Crippen LogP contribution in [0.2, 0.25) is 0 Å². The number of hydrogen-bond acceptors (Lipinski definition) is 2. The number of aromatic nitrogens is 2. The molecule has 0 radical (unpaired) electrons. The average Bonchev–Trinajstić information content (AvgIpc) is 2.86. The Morgan fingerprint density at radius 3 is 2.55 bits per heavy atom. The molecule has 0 unspecified atom stereocenters. The molecule has 3 rings (SSSR count). The van der Waals surface area contributed by atoms with Crippen molar-refractivity contribution >= 4 is 27.7 Å². The number of hydrogen-bond donors (Lipinski definition) is 1. The van der Waals surface area contributed by atoms with Crippen LogP contribution in [0, 0.1) is 5.41 Å². The van der Waals surface area contributed by atoms with Crippen LogP contribution in [0.4, 0.5) is 0 Å². The number of amidine groups is 1. The maximum Gasteiger partial charge on any atom is 0.369 e. The molecule has 5 nitrogen and oxygen atoms in total. The Kier molecular flexibility index (Phi) is 3.87. The van der Waals surface area contributed by atoms with Crippen molar-refractivity contribution in [2.75, 3.05) is 0 Å². The summed E-state index contributed by atoms with van der Waals surface area (Å²) in [6, 6.07) is 8.08. The number of nitrogens with zero attached hydrogens (tertiary/aromatic N) is 3. The second-order valence-electron chi connectivity index (χ2n) is 5.65. The lowest BCUT2D eigenvalue weighted by atomic mass is 9.63. The van der Waals surface area contributed by atoms with Crippen LogP contribution in [0.3, 0.4) is 0 Å². The van der Waals surface area contributed by atoms with Crippen molar-refractivity contribution in [1.82, 2.24) is 9.78 Å². The van der Waals surface area contributed by atoms with Crippen molar-refractivity contribution in [3.05, 3.63) is 52.3 Å². The molecule has 0 aliphatic heterocycles. The Bertz CT molecular complexity index is 729. The fourth-order valence-electron chi connectivity index (χ4n) is 2.79. The minimum atomic E-state index is -0.338. The van der Waals surface area contributed by atoms with Crippen LogP contribution in [0.5, 0.6) is 0 Å². The Morgan fingerprint density at radius 2 is 2.05 bits per heavy atom. The fourth-order valence-corrected chi connectivity index (χ4v) is 3.05. The first-order valence-electron chi connectivity index (χ1n) is 7.16. The van der Waals surface area contributed by atoms with Gasteiger partial charge in [0, 0.05) is 17.7 Å². The van der Waals surface area contributed by atoms with Gasteiger partial charge in [0.1, 0.15) is 11.4 Å². The van der Waals surface area contributed by atoms with Gasteiger partial charge in [-0.05, 0) is 30.5 Å². The average molecular weight is 362 g/mol. The molecule has 1 heterocycles. The summed E-state index contributed by atoms with van der Waals surface area (Å²) in [6.07, 6.45) is 6.27. The second-order valence-corrected chi connectivity index (χ2v) is 6.57. The zero-order chi connectivity index (χ0) is 15.7. The molecule has 1 saturated carbocycles. The van der Waals surface area contributed by atoms with Crippen molar-refractivity contribution < 1.29 is 5.11 Å². The van der Waals surface area contributed by atoms with Gasteiger partial charge in [0.2, 0.25) is 0 Å². The van der Waals surface area contributed by atoms with Crippen molar-refractivity contribution in [3.8, 4) is 0 Å². The topological polar surface area (TPSA) is 76.9 Å². The Hall–Kier alpha value is -1.95. The molecule has 1 fully saturated rings. The van der Waals surface area contributed by atoms with E-state index < -0.39 is 0 Å². The van der Waals surface area contributed by atoms with Crippen molar-refractivity contribution in [1.29, 1.82) is 5.41 Å². The number of halogens is 1. The van der Waals surface area contributed by atoms with E-state index in [9.17, 15) is 0 Å². The maximum atomic E-state index is 8.43. The Morgan fingerprint density at radius 1 is 1.36 bits per heavy atom. The van der Waals surface area contributed by atoms with Crippen LogP contribution in [0.25, 0.3) is 0 Å². The third kappa shape index (κ3) is 2.59. The monoisotopic (exact) mass is 361 g/mol. The number of benzene rings is 1. The number of aliphatic imine (C=N–C) groups is 1. The summed E-state index contributed by atoms with van der Waals surface area (Å²) in [6.45, 7) is 0. The zero-order valence-electron chi connectivity index (χ0n) is 12.3. The van der Waals surface area contributed by atoms with Gasteiger partial charge in [0.05, 0.1) is 11.6 Å². The van der Waals surface area contributed by atoms with Gasteiger partial charge in [-0.3, -0.25) is 10.1 Å². The molecule has 1 aliphatic rings. The highest BCUT2D eigenvalue weighted by molar-refractivity contribution is 9.10. The third-order valence-electron chi connectivity index (χ3n) is 4.26. The van der Waals surface area contributed by atoms with Gasteiger partial charge in [0.25, 0.3) is 0 Å². The molecule has 2 aromatic rings. The molecule has 114 valence electrons. The molecular weight excluding hydrogens is 344 g/mol. The molecule has 6 heteroatoms. The van der Waals surface area contributed by atoms with E-state index >= 15 is 0 Å². The van der Waals surface area contributed by atoms with Gasteiger partial charge >= 0.3 is 5.90 Å². The number of aryl methyl sites for hydroxylation is 1. The summed E-state index contributed by atoms with van der Waals surface area (Å²) < 4.78 is 2.66. The maximum absolute atomic E-state index is 8.43. The lowest BCUT2D eigenvalue weighted by Gasteiger charge is -2.40. The van der Waals surface area contributed by atoms with Crippen LogP contribution >= 0.6 is 15.9 Å². The van der Waals surface area contributed by atoms with E-state index in [0.29, 0.717) is 5.56 Å². The van der Waals surface area contributed by atoms with Gasteiger partial charge < -0.3 is 5.11 Å². The summed E-state index contributed by atoms with van der Waals surface area (Å²) in [5, 5.41) is 20.6. The standard InChI is InChI=1S/C16H17BrN4O/c1-21-10-11(9-19-21)14(22)20-15(18)16(7-2-8-16)12-3-5-13(17)6-4-12/h3-6,9-10H,2,7-8H2,1H3,(H2,18,20,22)/p+1. The first-order chi connectivity index (χ1) is 10.5. The van der Waals surface area contributed by atoms with Gasteiger partial charge in [0.15, 0.2) is 0 Å². The largest absolute Gasteiger partial charge is 0.578 e. The second kappa shape index (κ2) is 5.68. The van der Waals surface area contributed by atoms with Gasteiger partial charge in [-0.1, -0.05) is 34.5 Å². The van der Waals surface area contributed by atoms with Crippen LogP contribution in [-0.2, 0) is 12.5 Å². The number of nitrogens with one attached hydrogen (secondary N) is 1.